The highest BCUT2D eigenvalue weighted by atomic mass is 16.5. The van der Waals surface area contributed by atoms with Crippen LogP contribution in [0.25, 0.3) is 0 Å². The molecule has 8 nitrogen and oxygen atoms in total. The molecule has 1 heterocycles. The predicted octanol–water partition coefficient (Wildman–Crippen LogP) is 3.51. The van der Waals surface area contributed by atoms with Crippen molar-refractivity contribution >= 4 is 29.1 Å². The SMILES string of the molecule is CCCNC(=O)[C@H]1CCCN(CC(=O)Nc2ccc(C(=O)Nc3ccc(OCC)cc3)cc2)C1. The summed E-state index contributed by atoms with van der Waals surface area (Å²) < 4.78 is 5.40. The van der Waals surface area contributed by atoms with Gasteiger partial charge in [0.15, 0.2) is 0 Å². The Bertz CT molecular complexity index is 960. The maximum Gasteiger partial charge on any atom is 0.255 e. The van der Waals surface area contributed by atoms with Crippen LogP contribution in [-0.2, 0) is 9.59 Å². The van der Waals surface area contributed by atoms with Crippen LogP contribution in [0.1, 0.15) is 43.5 Å². The Kier molecular flexibility index (Phi) is 9.46. The van der Waals surface area contributed by atoms with Gasteiger partial charge in [0, 0.05) is 30.0 Å². The molecular weight excluding hydrogens is 432 g/mol. The molecule has 2 aromatic carbocycles. The van der Waals surface area contributed by atoms with Crippen LogP contribution in [0.15, 0.2) is 48.5 Å². The molecule has 0 spiro atoms. The summed E-state index contributed by atoms with van der Waals surface area (Å²) in [4.78, 5) is 39.3. The Morgan fingerprint density at radius 2 is 1.65 bits per heavy atom. The third kappa shape index (κ3) is 7.59. The number of benzene rings is 2. The van der Waals surface area contributed by atoms with Crippen LogP contribution >= 0.6 is 0 Å². The van der Waals surface area contributed by atoms with Crippen molar-refractivity contribution in [2.24, 2.45) is 5.92 Å². The number of amides is 3. The van der Waals surface area contributed by atoms with Gasteiger partial charge in [-0.15, -0.1) is 0 Å². The fourth-order valence-electron chi connectivity index (χ4n) is 3.92. The minimum atomic E-state index is -0.234. The van der Waals surface area contributed by atoms with E-state index in [1.165, 1.54) is 0 Å². The molecule has 8 heteroatoms. The number of nitrogens with zero attached hydrogens (tertiary/aromatic N) is 1. The summed E-state index contributed by atoms with van der Waals surface area (Å²) >= 11 is 0. The molecule has 1 aliphatic heterocycles. The summed E-state index contributed by atoms with van der Waals surface area (Å²) in [5, 5.41) is 8.67. The number of hydrogen-bond acceptors (Lipinski definition) is 5. The summed E-state index contributed by atoms with van der Waals surface area (Å²) in [5.74, 6) is 0.386. The zero-order valence-electron chi connectivity index (χ0n) is 19.9. The molecule has 1 saturated heterocycles. The van der Waals surface area contributed by atoms with Crippen molar-refractivity contribution in [2.75, 3.05) is 43.4 Å². The van der Waals surface area contributed by atoms with Crippen LogP contribution in [0.5, 0.6) is 5.75 Å². The van der Waals surface area contributed by atoms with Gasteiger partial charge >= 0.3 is 0 Å². The van der Waals surface area contributed by atoms with Gasteiger partial charge in [0.2, 0.25) is 11.8 Å². The predicted molar refractivity (Wildman–Crippen MR) is 133 cm³/mol. The molecular formula is C26H34N4O4. The van der Waals surface area contributed by atoms with Crippen molar-refractivity contribution in [3.63, 3.8) is 0 Å². The van der Waals surface area contributed by atoms with Gasteiger partial charge in [-0.05, 0) is 81.3 Å². The van der Waals surface area contributed by atoms with E-state index in [0.29, 0.717) is 36.6 Å². The fourth-order valence-corrected chi connectivity index (χ4v) is 3.92. The van der Waals surface area contributed by atoms with Gasteiger partial charge in [0.05, 0.1) is 19.1 Å². The van der Waals surface area contributed by atoms with Crippen molar-refractivity contribution in [1.29, 1.82) is 0 Å². The maximum atomic E-state index is 12.5. The highest BCUT2D eigenvalue weighted by molar-refractivity contribution is 6.04. The lowest BCUT2D eigenvalue weighted by molar-refractivity contribution is -0.127. The van der Waals surface area contributed by atoms with Crippen molar-refractivity contribution in [3.8, 4) is 5.75 Å². The van der Waals surface area contributed by atoms with E-state index >= 15 is 0 Å². The average molecular weight is 467 g/mol. The van der Waals surface area contributed by atoms with E-state index in [-0.39, 0.29) is 30.2 Å². The molecule has 0 aliphatic carbocycles. The second-order valence-electron chi connectivity index (χ2n) is 8.40. The van der Waals surface area contributed by atoms with Crippen LogP contribution in [-0.4, -0.2) is 55.4 Å². The number of rotatable bonds is 10. The molecule has 0 radical (unpaired) electrons. The molecule has 3 N–H and O–H groups in total. The number of carbonyl (C=O) groups is 3. The minimum absolute atomic E-state index is 0.0683. The Hall–Kier alpha value is -3.39. The molecule has 0 bridgehead atoms. The van der Waals surface area contributed by atoms with Crippen LogP contribution in [0.2, 0.25) is 0 Å². The first-order valence-corrected chi connectivity index (χ1v) is 11.9. The van der Waals surface area contributed by atoms with Crippen LogP contribution in [0.3, 0.4) is 0 Å². The topological polar surface area (TPSA) is 99.8 Å². The smallest absolute Gasteiger partial charge is 0.255 e. The second-order valence-corrected chi connectivity index (χ2v) is 8.40. The van der Waals surface area contributed by atoms with E-state index < -0.39 is 0 Å². The molecule has 1 fully saturated rings. The molecule has 3 rings (SSSR count). The average Bonchev–Trinajstić information content (AvgIpc) is 2.84. The first-order valence-electron chi connectivity index (χ1n) is 11.9. The summed E-state index contributed by atoms with van der Waals surface area (Å²) in [5.41, 5.74) is 1.79. The number of carbonyl (C=O) groups excluding carboxylic acids is 3. The van der Waals surface area contributed by atoms with Gasteiger partial charge in [-0.3, -0.25) is 19.3 Å². The maximum absolute atomic E-state index is 12.5. The van der Waals surface area contributed by atoms with Crippen molar-refractivity contribution in [2.45, 2.75) is 33.1 Å². The third-order valence-corrected chi connectivity index (χ3v) is 5.65. The van der Waals surface area contributed by atoms with Crippen LogP contribution in [0.4, 0.5) is 11.4 Å². The second kappa shape index (κ2) is 12.7. The summed E-state index contributed by atoms with van der Waals surface area (Å²) in [6, 6.07) is 14.0. The zero-order chi connectivity index (χ0) is 24.3. The van der Waals surface area contributed by atoms with Gasteiger partial charge in [-0.1, -0.05) is 6.92 Å². The number of nitrogens with one attached hydrogen (secondary N) is 3. The summed E-state index contributed by atoms with van der Waals surface area (Å²) in [6.45, 7) is 6.84. The third-order valence-electron chi connectivity index (χ3n) is 5.65. The normalized spacial score (nSPS) is 15.9. The van der Waals surface area contributed by atoms with Gasteiger partial charge in [-0.2, -0.15) is 0 Å². The van der Waals surface area contributed by atoms with Crippen molar-refractivity contribution in [3.05, 3.63) is 54.1 Å². The first-order chi connectivity index (χ1) is 16.5. The Morgan fingerprint density at radius 3 is 2.32 bits per heavy atom. The molecule has 1 atom stereocenters. The first kappa shape index (κ1) is 25.2. The van der Waals surface area contributed by atoms with E-state index in [9.17, 15) is 14.4 Å². The highest BCUT2D eigenvalue weighted by Gasteiger charge is 2.26. The monoisotopic (exact) mass is 466 g/mol. The Morgan fingerprint density at radius 1 is 0.971 bits per heavy atom. The number of anilines is 2. The minimum Gasteiger partial charge on any atom is -0.494 e. The highest BCUT2D eigenvalue weighted by Crippen LogP contribution is 2.18. The van der Waals surface area contributed by atoms with Crippen molar-refractivity contribution in [1.82, 2.24) is 10.2 Å². The number of likely N-dealkylation sites (tertiary alicyclic amines) is 1. The lowest BCUT2D eigenvalue weighted by Crippen LogP contribution is -2.45. The molecule has 34 heavy (non-hydrogen) atoms. The van der Waals surface area contributed by atoms with Gasteiger partial charge in [0.1, 0.15) is 5.75 Å². The van der Waals surface area contributed by atoms with Crippen LogP contribution in [0, 0.1) is 5.92 Å². The molecule has 3 amide bonds. The van der Waals surface area contributed by atoms with E-state index in [4.69, 9.17) is 4.74 Å². The molecule has 182 valence electrons. The quantitative estimate of drug-likeness (QED) is 0.498. The molecule has 2 aromatic rings. The summed E-state index contributed by atoms with van der Waals surface area (Å²) in [7, 11) is 0. The zero-order valence-corrected chi connectivity index (χ0v) is 19.9. The van der Waals surface area contributed by atoms with E-state index in [2.05, 4.69) is 16.0 Å². The molecule has 0 unspecified atom stereocenters. The molecule has 1 aliphatic rings. The van der Waals surface area contributed by atoms with E-state index in [1.54, 1.807) is 48.5 Å². The van der Waals surface area contributed by atoms with E-state index in [0.717, 1.165) is 31.6 Å². The molecule has 0 saturated carbocycles. The largest absolute Gasteiger partial charge is 0.494 e. The number of hydrogen-bond donors (Lipinski definition) is 3. The molecule has 0 aromatic heterocycles. The summed E-state index contributed by atoms with van der Waals surface area (Å²) in [6.07, 6.45) is 2.66. The van der Waals surface area contributed by atoms with Gasteiger partial charge < -0.3 is 20.7 Å². The lowest BCUT2D eigenvalue weighted by Gasteiger charge is -2.31. The Balaban J connectivity index is 1.47. The van der Waals surface area contributed by atoms with Crippen molar-refractivity contribution < 1.29 is 19.1 Å². The standard InChI is InChI=1S/C26H34N4O4/c1-3-15-27-25(32)20-6-5-16-30(17-20)18-24(31)28-21-9-7-19(8-10-21)26(33)29-22-11-13-23(14-12-22)34-4-2/h7-14,20H,3-6,15-18H2,1-2H3,(H,27,32)(H,28,31)(H,29,33)/t20-/m0/s1. The lowest BCUT2D eigenvalue weighted by atomic mass is 9.97. The van der Waals surface area contributed by atoms with Crippen LogP contribution < -0.4 is 20.7 Å². The number of ether oxygens (including phenoxy) is 1. The van der Waals surface area contributed by atoms with Gasteiger partial charge in [0.25, 0.3) is 5.91 Å². The fraction of sp³-hybridized carbons (Fsp3) is 0.423. The van der Waals surface area contributed by atoms with Gasteiger partial charge in [-0.25, -0.2) is 0 Å². The Labute approximate surface area is 201 Å². The van der Waals surface area contributed by atoms with E-state index in [1.807, 2.05) is 18.7 Å². The number of piperidine rings is 1.